The molecular weight excluding hydrogens is 372 g/mol. The van der Waals surface area contributed by atoms with E-state index in [0.29, 0.717) is 0 Å². The average molecular weight is 407 g/mol. The topological polar surface area (TPSA) is 138 Å². The van der Waals surface area contributed by atoms with Crippen molar-refractivity contribution in [2.45, 2.75) is 76.1 Å². The van der Waals surface area contributed by atoms with Gasteiger partial charge in [0.2, 0.25) is 0 Å². The summed E-state index contributed by atoms with van der Waals surface area (Å²) < 4.78 is 141. The molecule has 0 saturated heterocycles. The molecule has 2 unspecified atom stereocenters. The first-order valence-electron chi connectivity index (χ1n) is 11.3. The van der Waals surface area contributed by atoms with Crippen molar-refractivity contribution in [3.05, 3.63) is 0 Å². The Morgan fingerprint density at radius 1 is 0.826 bits per heavy atom. The molecule has 0 aromatic heterocycles. The number of nitrogens with one attached hydrogen (secondary N) is 2. The molecule has 0 radical (unpaired) electrons. The molecule has 0 amide bonds. The monoisotopic (exact) mass is 406 g/mol. The van der Waals surface area contributed by atoms with Gasteiger partial charge in [0, 0.05) is 25.7 Å². The first-order valence-corrected chi connectivity index (χ1v) is 9.14. The molecule has 2 rings (SSSR count). The van der Waals surface area contributed by atoms with Gasteiger partial charge in [0.15, 0.2) is 20.6 Å². The SMILES string of the molecule is [2H]C1([2H])CCCC([2H])(NS(=O)(=O)[O-])C1([2H])[2H].[2H]C1([2H])CCCC([2H])(NS(=O)(=O)[O-])C1([2H])[2H].[Ca+2]. The summed E-state index contributed by atoms with van der Waals surface area (Å²) in [6.45, 7) is 0. The van der Waals surface area contributed by atoms with Crippen LogP contribution in [0.2, 0.25) is 0 Å². The Morgan fingerprint density at radius 3 is 1.48 bits per heavy atom. The fraction of sp³-hybridized carbons (Fsp3) is 1.00. The molecule has 0 heterocycles. The van der Waals surface area contributed by atoms with Gasteiger partial charge >= 0.3 is 37.7 Å². The minimum Gasteiger partial charge on any atom is -0.735 e. The number of hydrogen-bond donors (Lipinski definition) is 2. The van der Waals surface area contributed by atoms with Gasteiger partial charge in [0.1, 0.15) is 0 Å². The van der Waals surface area contributed by atoms with E-state index in [0.717, 1.165) is 0 Å². The van der Waals surface area contributed by atoms with Crippen LogP contribution in [0.1, 0.15) is 77.7 Å². The summed E-state index contributed by atoms with van der Waals surface area (Å²) in [4.78, 5) is 0. The maximum Gasteiger partial charge on any atom is 2.00 e. The van der Waals surface area contributed by atoms with Crippen LogP contribution in [0.25, 0.3) is 0 Å². The maximum atomic E-state index is 10.5. The van der Waals surface area contributed by atoms with Gasteiger partial charge in [0.05, 0.1) is 0 Å². The molecule has 132 valence electrons. The van der Waals surface area contributed by atoms with Crippen LogP contribution in [0.5, 0.6) is 0 Å². The second-order valence-corrected chi connectivity index (χ2v) is 6.60. The summed E-state index contributed by atoms with van der Waals surface area (Å²) in [7, 11) is -10.00. The van der Waals surface area contributed by atoms with Crippen LogP contribution in [0.4, 0.5) is 0 Å². The second kappa shape index (κ2) is 11.6. The molecule has 0 spiro atoms. The fourth-order valence-corrected chi connectivity index (χ4v) is 2.54. The molecule has 0 aromatic carbocycles. The van der Waals surface area contributed by atoms with E-state index < -0.39 is 58.1 Å². The minimum atomic E-state index is -5.00. The summed E-state index contributed by atoms with van der Waals surface area (Å²) in [6.07, 6.45) is -10.6. The van der Waals surface area contributed by atoms with E-state index in [1.54, 1.807) is 0 Å². The molecule has 0 bridgehead atoms. The summed E-state index contributed by atoms with van der Waals surface area (Å²) in [5.41, 5.74) is 0. The zero-order valence-electron chi connectivity index (χ0n) is 22.2. The smallest absolute Gasteiger partial charge is 0.735 e. The molecule has 2 aliphatic carbocycles. The van der Waals surface area contributed by atoms with Crippen LogP contribution >= 0.6 is 0 Å². The third-order valence-electron chi connectivity index (χ3n) is 2.43. The van der Waals surface area contributed by atoms with Gasteiger partial charge < -0.3 is 9.11 Å². The van der Waals surface area contributed by atoms with Gasteiger partial charge in [-0.15, -0.1) is 0 Å². The Labute approximate surface area is 183 Å². The third kappa shape index (κ3) is 13.9. The van der Waals surface area contributed by atoms with Crippen molar-refractivity contribution in [2.75, 3.05) is 0 Å². The maximum absolute atomic E-state index is 10.5. The molecule has 2 N–H and O–H groups in total. The van der Waals surface area contributed by atoms with E-state index in [-0.39, 0.29) is 76.3 Å². The number of hydrogen-bond acceptors (Lipinski definition) is 6. The molecule has 2 saturated carbocycles. The molecular formula is C12H24CaN2O6S2. The first kappa shape index (κ1) is 11.7. The van der Waals surface area contributed by atoms with Gasteiger partial charge in [-0.05, 0) is 25.6 Å². The van der Waals surface area contributed by atoms with Crippen LogP contribution in [0, 0.1) is 0 Å². The van der Waals surface area contributed by atoms with Crippen molar-refractivity contribution in [3.63, 3.8) is 0 Å². The van der Waals surface area contributed by atoms with Crippen molar-refractivity contribution in [3.8, 4) is 0 Å². The molecule has 2 aliphatic rings. The second-order valence-electron chi connectivity index (χ2n) is 4.38. The van der Waals surface area contributed by atoms with Crippen LogP contribution in [-0.2, 0) is 20.6 Å². The predicted molar refractivity (Wildman–Crippen MR) is 85.2 cm³/mol. The third-order valence-corrected chi connectivity index (χ3v) is 3.42. The first-order chi connectivity index (χ1) is 13.8. The Morgan fingerprint density at radius 2 is 1.17 bits per heavy atom. The Bertz CT molecular complexity index is 848. The largest absolute Gasteiger partial charge is 2.00 e. The van der Waals surface area contributed by atoms with Crippen molar-refractivity contribution in [1.82, 2.24) is 9.44 Å². The van der Waals surface area contributed by atoms with Crippen LogP contribution in [0.3, 0.4) is 0 Å². The minimum absolute atomic E-state index is 0. The van der Waals surface area contributed by atoms with Crippen LogP contribution in [-0.4, -0.2) is 75.7 Å². The predicted octanol–water partition coefficient (Wildman–Crippen LogP) is 0.357. The van der Waals surface area contributed by atoms with E-state index in [1.807, 2.05) is 0 Å². The van der Waals surface area contributed by atoms with Crippen molar-refractivity contribution < 1.29 is 39.6 Å². The molecule has 0 aromatic rings. The summed E-state index contributed by atoms with van der Waals surface area (Å²) >= 11 is 0. The van der Waals surface area contributed by atoms with Gasteiger partial charge in [-0.25, -0.2) is 26.3 Å². The van der Waals surface area contributed by atoms with Crippen LogP contribution < -0.4 is 9.44 Å². The average Bonchev–Trinajstić information content (AvgIpc) is 2.48. The van der Waals surface area contributed by atoms with Crippen molar-refractivity contribution in [1.29, 1.82) is 0 Å². The normalized spacial score (nSPS) is 47.2. The fourth-order valence-electron chi connectivity index (χ4n) is 1.63. The van der Waals surface area contributed by atoms with E-state index in [9.17, 15) is 25.9 Å². The van der Waals surface area contributed by atoms with E-state index in [2.05, 4.69) is 0 Å². The molecule has 8 nitrogen and oxygen atoms in total. The zero-order valence-corrected chi connectivity index (χ0v) is 16.1. The van der Waals surface area contributed by atoms with E-state index in [4.69, 9.17) is 13.7 Å². The molecule has 2 fully saturated rings. The number of rotatable bonds is 4. The van der Waals surface area contributed by atoms with Gasteiger partial charge in [-0.3, -0.25) is 0 Å². The quantitative estimate of drug-likeness (QED) is 0.510. The summed E-state index contributed by atoms with van der Waals surface area (Å²) in [6, 6.07) is -4.90. The molecule has 0 aliphatic heterocycles. The Hall–Kier alpha value is 1.000. The van der Waals surface area contributed by atoms with Gasteiger partial charge in [-0.1, -0.05) is 38.4 Å². The Kier molecular flexibility index (Phi) is 5.87. The van der Waals surface area contributed by atoms with Crippen molar-refractivity contribution in [2.24, 2.45) is 0 Å². The molecule has 23 heavy (non-hydrogen) atoms. The van der Waals surface area contributed by atoms with E-state index in [1.165, 1.54) is 9.44 Å². The van der Waals surface area contributed by atoms with Crippen molar-refractivity contribution >= 4 is 58.3 Å². The molecule has 2 atom stereocenters. The summed E-state index contributed by atoms with van der Waals surface area (Å²) in [5, 5.41) is 0. The zero-order chi connectivity index (χ0) is 25.7. The Balaban J connectivity index is 0.000000602. The van der Waals surface area contributed by atoms with E-state index >= 15 is 0 Å². The van der Waals surface area contributed by atoms with Gasteiger partial charge in [-0.2, -0.15) is 0 Å². The van der Waals surface area contributed by atoms with Gasteiger partial charge in [0.25, 0.3) is 0 Å². The molecule has 11 heteroatoms. The summed E-state index contributed by atoms with van der Waals surface area (Å²) in [5.74, 6) is 0. The standard InChI is InChI=1S/2C6H13NO3S.Ca/c2*8-11(9,10)7-6-4-2-1-3-5-6;/h2*6-7H,1-5H2,(H,8,9,10);/q;;+2/p-2/i2*2D2,4D2,6D;. The van der Waals surface area contributed by atoms with Crippen LogP contribution in [0.15, 0.2) is 0 Å².